The van der Waals surface area contributed by atoms with Crippen LogP contribution in [0.2, 0.25) is 0 Å². The zero-order chi connectivity index (χ0) is 16.3. The van der Waals surface area contributed by atoms with Gasteiger partial charge in [-0.2, -0.15) is 8.78 Å². The summed E-state index contributed by atoms with van der Waals surface area (Å²) in [5.74, 6) is -3.32. The summed E-state index contributed by atoms with van der Waals surface area (Å²) in [6.45, 7) is 4.91. The number of benzene rings is 1. The standard InChI is InChI=1S/C16H16F2N2O2/c1-3-9-16(17,18)13-10-14(21)20(15(22)19-13)11(2)12-7-5-4-6-8-12/h3-8,10-11H,1,9H2,2H3,(H,19,22)/t11-/m1/s1. The van der Waals surface area contributed by atoms with Crippen molar-refractivity contribution >= 4 is 0 Å². The first kappa shape index (κ1) is 15.9. The van der Waals surface area contributed by atoms with Gasteiger partial charge in [-0.1, -0.05) is 36.4 Å². The van der Waals surface area contributed by atoms with Gasteiger partial charge < -0.3 is 4.98 Å². The van der Waals surface area contributed by atoms with Crippen molar-refractivity contribution in [2.24, 2.45) is 0 Å². The van der Waals surface area contributed by atoms with E-state index in [0.29, 0.717) is 0 Å². The highest BCUT2D eigenvalue weighted by Crippen LogP contribution is 2.29. The summed E-state index contributed by atoms with van der Waals surface area (Å²) in [6, 6.07) is 9.09. The lowest BCUT2D eigenvalue weighted by Gasteiger charge is -2.18. The second-order valence-electron chi connectivity index (χ2n) is 4.98. The first-order valence-corrected chi connectivity index (χ1v) is 6.77. The van der Waals surface area contributed by atoms with Crippen LogP contribution < -0.4 is 11.2 Å². The molecule has 6 heteroatoms. The van der Waals surface area contributed by atoms with Gasteiger partial charge in [0.25, 0.3) is 11.5 Å². The van der Waals surface area contributed by atoms with Gasteiger partial charge in [-0.15, -0.1) is 6.58 Å². The molecule has 2 aromatic rings. The third-order valence-corrected chi connectivity index (χ3v) is 3.43. The van der Waals surface area contributed by atoms with Crippen LogP contribution in [0.5, 0.6) is 0 Å². The molecule has 2 rings (SSSR count). The van der Waals surface area contributed by atoms with Crippen molar-refractivity contribution in [3.63, 3.8) is 0 Å². The molecule has 1 N–H and O–H groups in total. The lowest BCUT2D eigenvalue weighted by Crippen LogP contribution is -2.39. The molecule has 0 saturated heterocycles. The summed E-state index contributed by atoms with van der Waals surface area (Å²) in [4.78, 5) is 26.3. The third kappa shape index (κ3) is 3.05. The number of allylic oxidation sites excluding steroid dienone is 1. The summed E-state index contributed by atoms with van der Waals surface area (Å²) in [6.07, 6.45) is 0.386. The molecular weight excluding hydrogens is 290 g/mol. The number of aromatic nitrogens is 2. The van der Waals surface area contributed by atoms with E-state index in [0.717, 1.165) is 22.3 Å². The van der Waals surface area contributed by atoms with Crippen LogP contribution in [0.1, 0.15) is 30.6 Å². The number of rotatable bonds is 5. The molecule has 1 aromatic carbocycles. The molecule has 1 atom stereocenters. The Morgan fingerprint density at radius 1 is 1.32 bits per heavy atom. The molecule has 0 bridgehead atoms. The van der Waals surface area contributed by atoms with E-state index in [1.807, 2.05) is 6.07 Å². The maximum atomic E-state index is 13.8. The lowest BCUT2D eigenvalue weighted by molar-refractivity contribution is -0.00614. The molecule has 4 nitrogen and oxygen atoms in total. The predicted octanol–water partition coefficient (Wildman–Crippen LogP) is 2.81. The molecule has 1 aromatic heterocycles. The summed E-state index contributed by atoms with van der Waals surface area (Å²) in [5, 5.41) is 0. The number of H-pyrrole nitrogens is 1. The molecule has 0 unspecified atom stereocenters. The smallest absolute Gasteiger partial charge is 0.305 e. The van der Waals surface area contributed by atoms with Crippen LogP contribution in [0.3, 0.4) is 0 Å². The van der Waals surface area contributed by atoms with Crippen molar-refractivity contribution in [3.8, 4) is 0 Å². The van der Waals surface area contributed by atoms with Crippen LogP contribution in [0.15, 0.2) is 58.6 Å². The van der Waals surface area contributed by atoms with Gasteiger partial charge in [0.05, 0.1) is 11.7 Å². The molecule has 0 amide bonds. The van der Waals surface area contributed by atoms with E-state index in [1.54, 1.807) is 31.2 Å². The fraction of sp³-hybridized carbons (Fsp3) is 0.250. The first-order chi connectivity index (χ1) is 10.4. The highest BCUT2D eigenvalue weighted by molar-refractivity contribution is 5.20. The number of nitrogens with one attached hydrogen (secondary N) is 1. The van der Waals surface area contributed by atoms with Gasteiger partial charge in [0.2, 0.25) is 0 Å². The molecule has 0 fully saturated rings. The van der Waals surface area contributed by atoms with Crippen LogP contribution in [0.25, 0.3) is 0 Å². The average molecular weight is 306 g/mol. The molecule has 116 valence electrons. The zero-order valence-electron chi connectivity index (χ0n) is 12.1. The Labute approximate surface area is 125 Å². The van der Waals surface area contributed by atoms with Crippen molar-refractivity contribution in [1.29, 1.82) is 0 Å². The van der Waals surface area contributed by atoms with Crippen molar-refractivity contribution in [2.45, 2.75) is 25.3 Å². The van der Waals surface area contributed by atoms with E-state index >= 15 is 0 Å². The van der Waals surface area contributed by atoms with Crippen LogP contribution in [-0.2, 0) is 5.92 Å². The molecule has 1 heterocycles. The Kier molecular flexibility index (Phi) is 4.40. The summed E-state index contributed by atoms with van der Waals surface area (Å²) >= 11 is 0. The summed E-state index contributed by atoms with van der Waals surface area (Å²) < 4.78 is 28.5. The van der Waals surface area contributed by atoms with E-state index in [4.69, 9.17) is 0 Å². The zero-order valence-corrected chi connectivity index (χ0v) is 12.1. The quantitative estimate of drug-likeness (QED) is 0.864. The van der Waals surface area contributed by atoms with Crippen molar-refractivity contribution < 1.29 is 8.78 Å². The highest BCUT2D eigenvalue weighted by atomic mass is 19.3. The third-order valence-electron chi connectivity index (χ3n) is 3.43. The maximum absolute atomic E-state index is 13.8. The van der Waals surface area contributed by atoms with Gasteiger partial charge in [-0.25, -0.2) is 4.79 Å². The van der Waals surface area contributed by atoms with Crippen LogP contribution >= 0.6 is 0 Å². The molecule has 0 radical (unpaired) electrons. The first-order valence-electron chi connectivity index (χ1n) is 6.77. The minimum Gasteiger partial charge on any atom is -0.305 e. The topological polar surface area (TPSA) is 54.9 Å². The van der Waals surface area contributed by atoms with E-state index in [9.17, 15) is 18.4 Å². The fourth-order valence-electron chi connectivity index (χ4n) is 2.24. The molecule has 0 aliphatic carbocycles. The minimum atomic E-state index is -3.32. The van der Waals surface area contributed by atoms with E-state index in [-0.39, 0.29) is 0 Å². The van der Waals surface area contributed by atoms with Crippen LogP contribution in [0, 0.1) is 0 Å². The number of halogens is 2. The Morgan fingerprint density at radius 2 is 1.95 bits per heavy atom. The SMILES string of the molecule is C=CCC(F)(F)c1cc(=O)n([C@H](C)c2ccccc2)c(=O)[nH]1. The van der Waals surface area contributed by atoms with Gasteiger partial charge in [-0.05, 0) is 12.5 Å². The number of hydrogen-bond acceptors (Lipinski definition) is 2. The second-order valence-corrected chi connectivity index (χ2v) is 4.98. The van der Waals surface area contributed by atoms with Crippen molar-refractivity contribution in [3.05, 3.63) is 81.1 Å². The van der Waals surface area contributed by atoms with Crippen LogP contribution in [0.4, 0.5) is 8.78 Å². The Morgan fingerprint density at radius 3 is 2.50 bits per heavy atom. The van der Waals surface area contributed by atoms with E-state index in [2.05, 4.69) is 11.6 Å². The molecule has 0 aliphatic heterocycles. The second kappa shape index (κ2) is 6.09. The van der Waals surface area contributed by atoms with Crippen LogP contribution in [-0.4, -0.2) is 9.55 Å². The molecule has 0 spiro atoms. The molecule has 0 aliphatic rings. The molecule has 0 saturated carbocycles. The maximum Gasteiger partial charge on any atom is 0.329 e. The monoisotopic (exact) mass is 306 g/mol. The number of aromatic amines is 1. The number of hydrogen-bond donors (Lipinski definition) is 1. The summed E-state index contributed by atoms with van der Waals surface area (Å²) in [7, 11) is 0. The average Bonchev–Trinajstić information content (AvgIpc) is 2.47. The van der Waals surface area contributed by atoms with Gasteiger partial charge in [0.1, 0.15) is 0 Å². The van der Waals surface area contributed by atoms with Crippen molar-refractivity contribution in [2.75, 3.05) is 0 Å². The Bertz CT molecular complexity index is 747. The normalized spacial score (nSPS) is 12.9. The minimum absolute atomic E-state index is 0.556. The Balaban J connectivity index is 2.51. The van der Waals surface area contributed by atoms with E-state index < -0.39 is 35.3 Å². The largest absolute Gasteiger partial charge is 0.329 e. The lowest BCUT2D eigenvalue weighted by atomic mass is 10.1. The number of nitrogens with zero attached hydrogens (tertiary/aromatic N) is 1. The number of alkyl halides is 2. The van der Waals surface area contributed by atoms with Gasteiger partial charge in [-0.3, -0.25) is 9.36 Å². The van der Waals surface area contributed by atoms with Gasteiger partial charge in [0, 0.05) is 12.5 Å². The Hall–Kier alpha value is -2.50. The van der Waals surface area contributed by atoms with Crippen molar-refractivity contribution in [1.82, 2.24) is 9.55 Å². The van der Waals surface area contributed by atoms with E-state index in [1.165, 1.54) is 0 Å². The fourth-order valence-corrected chi connectivity index (χ4v) is 2.24. The highest BCUT2D eigenvalue weighted by Gasteiger charge is 2.32. The molecular formula is C16H16F2N2O2. The van der Waals surface area contributed by atoms with Gasteiger partial charge in [0.15, 0.2) is 0 Å². The molecule has 22 heavy (non-hydrogen) atoms. The predicted molar refractivity (Wildman–Crippen MR) is 80.3 cm³/mol. The van der Waals surface area contributed by atoms with Gasteiger partial charge >= 0.3 is 5.69 Å². The summed E-state index contributed by atoms with van der Waals surface area (Å²) in [5.41, 5.74) is -1.58.